The Morgan fingerprint density at radius 1 is 0.287 bits per heavy atom. The van der Waals surface area contributed by atoms with Crippen LogP contribution in [-0.4, -0.2) is 39.8 Å². The zero-order valence-corrected chi connectivity index (χ0v) is 72.6. The predicted molar refractivity (Wildman–Crippen MR) is 449 cm³/mol. The smallest absolute Gasteiger partial charge is 0.397 e. The van der Waals surface area contributed by atoms with Crippen molar-refractivity contribution in [2.24, 2.45) is 0 Å². The molecule has 0 bridgehead atoms. The van der Waals surface area contributed by atoms with Crippen molar-refractivity contribution in [3.05, 3.63) is 86.5 Å². The minimum Gasteiger partial charge on any atom is -0.474 e. The highest BCUT2D eigenvalue weighted by Gasteiger charge is 2.33. The van der Waals surface area contributed by atoms with E-state index in [1.54, 1.807) is 0 Å². The van der Waals surface area contributed by atoms with E-state index in [4.69, 9.17) is 31.7 Å². The van der Waals surface area contributed by atoms with Gasteiger partial charge in [0.2, 0.25) is 0 Å². The van der Waals surface area contributed by atoms with E-state index in [2.05, 4.69) is 167 Å². The number of unbranched alkanes of at least 4 members (excludes halogenated alkanes) is 40. The van der Waals surface area contributed by atoms with Crippen LogP contribution in [0.3, 0.4) is 0 Å². The van der Waals surface area contributed by atoms with Gasteiger partial charge in [0, 0.05) is 22.6 Å². The molecule has 0 saturated carbocycles. The summed E-state index contributed by atoms with van der Waals surface area (Å²) < 4.78 is 47.9. The molecule has 3 aromatic carbocycles. The van der Waals surface area contributed by atoms with Crippen LogP contribution < -0.4 is 13.6 Å². The summed E-state index contributed by atoms with van der Waals surface area (Å²) >= 11 is 0. The van der Waals surface area contributed by atoms with Crippen LogP contribution in [0.2, 0.25) is 0 Å². The largest absolute Gasteiger partial charge is 0.474 e. The van der Waals surface area contributed by atoms with Gasteiger partial charge in [0.15, 0.2) is 0 Å². The molecule has 0 spiro atoms. The van der Waals surface area contributed by atoms with Crippen molar-refractivity contribution in [1.82, 2.24) is 0 Å². The minimum absolute atomic E-state index is 0.0605. The van der Waals surface area contributed by atoms with Crippen LogP contribution in [0.15, 0.2) is 36.4 Å². The van der Waals surface area contributed by atoms with E-state index >= 15 is 0 Å². The maximum Gasteiger partial charge on any atom is 0.397 e. The molecule has 10 heteroatoms. The Bertz CT molecular complexity index is 2470. The standard InChI is InChI=1S/C91H163O7P3/c1-20-24-28-32-36-40-44-48-52-56-60-64-92-100(93-65-61-57-53-49-45-41-37-33-29-25-21-2)97-87-69-76(6)79(72-83(87)89(9,10)11)75(5)68-82(80-73-84(90(12,13)14)86(70-77(80)7)96-99(18)19)81-74-85(91(15,16)17)88(71-78(81)8)98-101(94-66-62-58-54-50-46-42-38-34-30-26-22-3)95-67-63-59-55-51-47-43-39-35-31-27-23-4/h69-75,82H,20-68H2,1-19H3. The number of hydrogen-bond donors (Lipinski definition) is 0. The molecule has 7 nitrogen and oxygen atoms in total. The lowest BCUT2D eigenvalue weighted by Crippen LogP contribution is -2.18. The zero-order chi connectivity index (χ0) is 74.2. The van der Waals surface area contributed by atoms with Gasteiger partial charge in [0.1, 0.15) is 17.2 Å². The van der Waals surface area contributed by atoms with E-state index in [0.29, 0.717) is 26.4 Å². The normalized spacial score (nSPS) is 13.0. The van der Waals surface area contributed by atoms with E-state index in [-0.39, 0.29) is 28.1 Å². The molecule has 0 saturated heterocycles. The van der Waals surface area contributed by atoms with Crippen molar-refractivity contribution in [3.8, 4) is 17.2 Å². The van der Waals surface area contributed by atoms with Crippen LogP contribution in [0.25, 0.3) is 0 Å². The van der Waals surface area contributed by atoms with E-state index in [0.717, 1.165) is 49.4 Å². The molecule has 0 aromatic heterocycles. The Labute approximate surface area is 631 Å². The number of hydrogen-bond acceptors (Lipinski definition) is 7. The Morgan fingerprint density at radius 2 is 0.495 bits per heavy atom. The summed E-state index contributed by atoms with van der Waals surface area (Å²) in [6, 6.07) is 14.5. The second-order valence-corrected chi connectivity index (χ2v) is 38.2. The molecule has 0 heterocycles. The average molecular weight is 1460 g/mol. The third-order valence-corrected chi connectivity index (χ3v) is 23.6. The van der Waals surface area contributed by atoms with E-state index in [1.807, 2.05) is 0 Å². The fourth-order valence-corrected chi connectivity index (χ4v) is 17.1. The van der Waals surface area contributed by atoms with E-state index in [1.165, 1.54) is 307 Å². The number of aryl methyl sites for hydroxylation is 3. The second-order valence-electron chi connectivity index (χ2n) is 34.1. The van der Waals surface area contributed by atoms with Gasteiger partial charge in [-0.15, -0.1) is 0 Å². The average Bonchev–Trinajstić information content (AvgIpc) is 0.761. The van der Waals surface area contributed by atoms with Gasteiger partial charge in [-0.2, -0.15) is 0 Å². The van der Waals surface area contributed by atoms with Crippen LogP contribution in [-0.2, 0) is 34.3 Å². The monoisotopic (exact) mass is 1460 g/mol. The lowest BCUT2D eigenvalue weighted by molar-refractivity contribution is 0.197. The Hall–Kier alpha value is -1.81. The molecule has 0 aliphatic heterocycles. The minimum atomic E-state index is -1.62. The Balaban J connectivity index is 2.05. The first-order chi connectivity index (χ1) is 48.5. The molecule has 584 valence electrons. The lowest BCUT2D eigenvalue weighted by Gasteiger charge is -2.33. The highest BCUT2D eigenvalue weighted by atomic mass is 31.2. The van der Waals surface area contributed by atoms with Gasteiger partial charge in [-0.3, -0.25) is 0 Å². The molecule has 101 heavy (non-hydrogen) atoms. The summed E-state index contributed by atoms with van der Waals surface area (Å²) in [5, 5.41) is 0. The van der Waals surface area contributed by atoms with Crippen molar-refractivity contribution >= 4 is 25.4 Å². The summed E-state index contributed by atoms with van der Waals surface area (Å²) in [5.41, 5.74) is 10.9. The molecule has 0 radical (unpaired) electrons. The number of benzene rings is 3. The van der Waals surface area contributed by atoms with Gasteiger partial charge >= 0.3 is 17.2 Å². The molecule has 0 aliphatic carbocycles. The van der Waals surface area contributed by atoms with Gasteiger partial charge < -0.3 is 31.7 Å². The molecule has 3 aromatic rings. The van der Waals surface area contributed by atoms with Crippen LogP contribution in [0, 0.1) is 20.8 Å². The first-order valence-electron chi connectivity index (χ1n) is 42.7. The molecule has 2 atom stereocenters. The first kappa shape index (κ1) is 93.4. The molecule has 2 unspecified atom stereocenters. The van der Waals surface area contributed by atoms with Gasteiger partial charge in [0.25, 0.3) is 0 Å². The molecule has 0 amide bonds. The van der Waals surface area contributed by atoms with Crippen LogP contribution >= 0.6 is 25.4 Å². The molecule has 3 rings (SSSR count). The summed E-state index contributed by atoms with van der Waals surface area (Å²) in [5.74, 6) is 3.04. The van der Waals surface area contributed by atoms with Crippen molar-refractivity contribution in [2.45, 2.75) is 435 Å². The SMILES string of the molecule is CCCCCCCCCCCCCOP(OCCCCCCCCCCCCC)Oc1cc(C)c(C(C)CC(c2cc(C(C)(C)C)c(OP(C)C)cc2C)c2cc(C(C)(C)C)c(OP(OCCCCCCCCCCCCC)OCCCCCCCCCCCCC)cc2C)cc1C(C)(C)C. The predicted octanol–water partition coefficient (Wildman–Crippen LogP) is 32.4. The first-order valence-corrected chi connectivity index (χ1v) is 47.1. The maximum absolute atomic E-state index is 7.18. The Kier molecular flexibility index (Phi) is 51.4. The topological polar surface area (TPSA) is 64.6 Å². The summed E-state index contributed by atoms with van der Waals surface area (Å²) in [4.78, 5) is 0. The van der Waals surface area contributed by atoms with Crippen LogP contribution in [0.4, 0.5) is 0 Å². The molecule has 0 aliphatic rings. The van der Waals surface area contributed by atoms with Gasteiger partial charge in [0.05, 0.1) is 34.6 Å². The van der Waals surface area contributed by atoms with Crippen molar-refractivity contribution in [1.29, 1.82) is 0 Å². The maximum atomic E-state index is 7.18. The Morgan fingerprint density at radius 3 is 0.723 bits per heavy atom. The zero-order valence-electron chi connectivity index (χ0n) is 70.0. The van der Waals surface area contributed by atoms with Gasteiger partial charge in [-0.25, -0.2) is 0 Å². The fourth-order valence-electron chi connectivity index (χ4n) is 14.4. The van der Waals surface area contributed by atoms with Crippen LogP contribution in [0.5, 0.6) is 17.2 Å². The lowest BCUT2D eigenvalue weighted by atomic mass is 9.74. The van der Waals surface area contributed by atoms with E-state index < -0.39 is 25.4 Å². The summed E-state index contributed by atoms with van der Waals surface area (Å²) in [6.07, 6.45) is 58.4. The molecule has 0 fully saturated rings. The molecule has 0 N–H and O–H groups in total. The third-order valence-electron chi connectivity index (χ3n) is 20.8. The third kappa shape index (κ3) is 41.4. The highest BCUT2D eigenvalue weighted by Crippen LogP contribution is 2.51. The van der Waals surface area contributed by atoms with Gasteiger partial charge in [-0.1, -0.05) is 372 Å². The van der Waals surface area contributed by atoms with Crippen molar-refractivity contribution in [3.63, 3.8) is 0 Å². The molecular weight excluding hydrogens is 1300 g/mol. The second kappa shape index (κ2) is 55.6. The summed E-state index contributed by atoms with van der Waals surface area (Å²) in [7, 11) is -3.84. The quantitative estimate of drug-likeness (QED) is 0.0412. The van der Waals surface area contributed by atoms with E-state index in [9.17, 15) is 0 Å². The van der Waals surface area contributed by atoms with Crippen molar-refractivity contribution < 1.29 is 31.7 Å². The summed E-state index contributed by atoms with van der Waals surface area (Å²) in [6.45, 7) is 46.7. The highest BCUT2D eigenvalue weighted by molar-refractivity contribution is 7.51. The van der Waals surface area contributed by atoms with Crippen LogP contribution in [0.1, 0.15) is 448 Å². The van der Waals surface area contributed by atoms with Crippen molar-refractivity contribution in [2.75, 3.05) is 39.8 Å². The number of rotatable bonds is 63. The molecular formula is C91H163O7P3. The fraction of sp³-hybridized carbons (Fsp3) is 0.802. The van der Waals surface area contributed by atoms with Gasteiger partial charge in [-0.05, 0) is 140 Å².